The fraction of sp³-hybridized carbons (Fsp3) is 0.250. The molecule has 14 heavy (non-hydrogen) atoms. The van der Waals surface area contributed by atoms with Crippen LogP contribution in [0.25, 0.3) is 0 Å². The summed E-state index contributed by atoms with van der Waals surface area (Å²) in [6, 6.07) is 5.99. The van der Waals surface area contributed by atoms with Gasteiger partial charge >= 0.3 is 29.6 Å². The monoisotopic (exact) mass is 225 g/mol. The van der Waals surface area contributed by atoms with Crippen molar-refractivity contribution in [1.29, 1.82) is 0 Å². The van der Waals surface area contributed by atoms with Gasteiger partial charge in [0, 0.05) is 19.8 Å². The van der Waals surface area contributed by atoms with Gasteiger partial charge in [0.2, 0.25) is 0 Å². The van der Waals surface area contributed by atoms with Gasteiger partial charge in [-0.3, -0.25) is 4.55 Å². The second kappa shape index (κ2) is 5.14. The largest absolute Gasteiger partial charge is 1.00 e. The molecule has 0 heterocycles. The Hall–Kier alpha value is -0.0700. The Labute approximate surface area is 107 Å². The normalized spacial score (nSPS) is 10.5. The fourth-order valence-corrected chi connectivity index (χ4v) is 1.40. The van der Waals surface area contributed by atoms with Gasteiger partial charge in [-0.15, -0.1) is 0 Å². The van der Waals surface area contributed by atoms with Gasteiger partial charge in [0.25, 0.3) is 10.1 Å². The molecule has 0 aliphatic rings. The summed E-state index contributed by atoms with van der Waals surface area (Å²) in [7, 11) is -0.364. The van der Waals surface area contributed by atoms with Crippen LogP contribution in [0.5, 0.6) is 0 Å². The maximum atomic E-state index is 10.7. The number of nitrogens with zero attached hydrogens (tertiary/aromatic N) is 1. The molecule has 0 radical (unpaired) electrons. The topological polar surface area (TPSA) is 57.6 Å². The summed E-state index contributed by atoms with van der Waals surface area (Å²) in [6.45, 7) is 0. The fourth-order valence-electron chi connectivity index (χ4n) is 0.916. The zero-order valence-corrected chi connectivity index (χ0v) is 11.2. The molecule has 4 nitrogen and oxygen atoms in total. The smallest absolute Gasteiger partial charge is 1.00 e. The summed E-state index contributed by atoms with van der Waals surface area (Å²) in [4.78, 5) is 1.76. The summed E-state index contributed by atoms with van der Waals surface area (Å²) in [5.41, 5.74) is 0.882. The van der Waals surface area contributed by atoms with Crippen LogP contribution in [0.4, 0.5) is 5.69 Å². The SMILES string of the molecule is CN(C)c1ccc(S(=O)(=O)O)cc1.[H-].[Na+]. The predicted octanol–water partition coefficient (Wildman–Crippen LogP) is -1.88. The van der Waals surface area contributed by atoms with E-state index in [0.29, 0.717) is 0 Å². The van der Waals surface area contributed by atoms with Crippen LogP contribution < -0.4 is 34.5 Å². The van der Waals surface area contributed by atoms with Crippen molar-refractivity contribution >= 4 is 15.8 Å². The summed E-state index contributed by atoms with van der Waals surface area (Å²) >= 11 is 0. The van der Waals surface area contributed by atoms with Crippen molar-refractivity contribution in [2.45, 2.75) is 4.90 Å². The van der Waals surface area contributed by atoms with Crippen molar-refractivity contribution in [3.8, 4) is 0 Å². The summed E-state index contributed by atoms with van der Waals surface area (Å²) in [6.07, 6.45) is 0. The summed E-state index contributed by atoms with van der Waals surface area (Å²) in [5, 5.41) is 0. The van der Waals surface area contributed by atoms with Gasteiger partial charge in [-0.25, -0.2) is 0 Å². The minimum Gasteiger partial charge on any atom is -1.00 e. The number of hydrogen-bond donors (Lipinski definition) is 1. The van der Waals surface area contributed by atoms with Gasteiger partial charge < -0.3 is 6.33 Å². The summed E-state index contributed by atoms with van der Waals surface area (Å²) < 4.78 is 30.0. The minimum absolute atomic E-state index is 0. The van der Waals surface area contributed by atoms with E-state index in [0.717, 1.165) is 5.69 Å². The van der Waals surface area contributed by atoms with Crippen molar-refractivity contribution in [1.82, 2.24) is 0 Å². The Kier molecular flexibility index (Phi) is 5.11. The van der Waals surface area contributed by atoms with E-state index >= 15 is 0 Å². The number of benzene rings is 1. The van der Waals surface area contributed by atoms with Crippen molar-refractivity contribution in [3.63, 3.8) is 0 Å². The van der Waals surface area contributed by atoms with Gasteiger partial charge in [-0.2, -0.15) is 8.42 Å². The Balaban J connectivity index is 0. The van der Waals surface area contributed by atoms with E-state index in [-0.39, 0.29) is 35.9 Å². The van der Waals surface area contributed by atoms with Crippen molar-refractivity contribution in [2.24, 2.45) is 0 Å². The van der Waals surface area contributed by atoms with Gasteiger partial charge in [-0.1, -0.05) is 0 Å². The van der Waals surface area contributed by atoms with Gasteiger partial charge in [0.05, 0.1) is 4.90 Å². The quantitative estimate of drug-likeness (QED) is 0.472. The molecule has 0 unspecified atom stereocenters. The first-order chi connectivity index (χ1) is 5.91. The van der Waals surface area contributed by atoms with Crippen LogP contribution in [0.15, 0.2) is 29.2 Å². The molecule has 0 atom stereocenters. The zero-order valence-electron chi connectivity index (χ0n) is 9.43. The summed E-state index contributed by atoms with van der Waals surface area (Å²) in [5.74, 6) is 0. The molecule has 0 bridgehead atoms. The van der Waals surface area contributed by atoms with Crippen molar-refractivity contribution in [2.75, 3.05) is 19.0 Å². The van der Waals surface area contributed by atoms with Crippen LogP contribution in [0.2, 0.25) is 0 Å². The van der Waals surface area contributed by atoms with Crippen LogP contribution in [-0.2, 0) is 10.1 Å². The van der Waals surface area contributed by atoms with Crippen LogP contribution in [0, 0.1) is 0 Å². The molecular weight excluding hydrogens is 213 g/mol. The molecule has 0 saturated carbocycles. The van der Waals surface area contributed by atoms with Gasteiger partial charge in [-0.05, 0) is 24.3 Å². The molecule has 74 valence electrons. The molecule has 0 fully saturated rings. The molecule has 1 rings (SSSR count). The number of hydrogen-bond acceptors (Lipinski definition) is 3. The standard InChI is InChI=1S/C8H11NO3S.Na.H/c1-9(2)7-3-5-8(6-4-7)13(10,11)12;;/h3-6H,1-2H3,(H,10,11,12);;/q;+1;-1. The van der Waals surface area contributed by atoms with Gasteiger partial charge in [0.1, 0.15) is 0 Å². The van der Waals surface area contributed by atoms with Gasteiger partial charge in [0.15, 0.2) is 0 Å². The van der Waals surface area contributed by atoms with Crippen LogP contribution in [0.1, 0.15) is 1.43 Å². The molecule has 1 aromatic carbocycles. The third-order valence-electron chi connectivity index (χ3n) is 1.65. The molecule has 0 saturated heterocycles. The van der Waals surface area contributed by atoms with E-state index in [1.54, 1.807) is 12.1 Å². The van der Waals surface area contributed by atoms with E-state index in [1.165, 1.54) is 12.1 Å². The van der Waals surface area contributed by atoms with E-state index in [9.17, 15) is 8.42 Å². The molecule has 6 heteroatoms. The second-order valence-corrected chi connectivity index (χ2v) is 4.28. The van der Waals surface area contributed by atoms with E-state index in [2.05, 4.69) is 0 Å². The van der Waals surface area contributed by atoms with E-state index in [4.69, 9.17) is 4.55 Å². The molecule has 0 aliphatic heterocycles. The van der Waals surface area contributed by atoms with Crippen molar-refractivity contribution < 1.29 is 44.0 Å². The van der Waals surface area contributed by atoms with Crippen LogP contribution >= 0.6 is 0 Å². The average molecular weight is 225 g/mol. The van der Waals surface area contributed by atoms with Crippen LogP contribution in [-0.4, -0.2) is 27.1 Å². The predicted molar refractivity (Wildman–Crippen MR) is 51.7 cm³/mol. The number of anilines is 1. The third-order valence-corrected chi connectivity index (χ3v) is 2.52. The first kappa shape index (κ1) is 13.9. The Morgan fingerprint density at radius 1 is 1.21 bits per heavy atom. The van der Waals surface area contributed by atoms with E-state index < -0.39 is 10.1 Å². The van der Waals surface area contributed by atoms with E-state index in [1.807, 2.05) is 19.0 Å². The maximum Gasteiger partial charge on any atom is 1.00 e. The zero-order chi connectivity index (χ0) is 10.1. The molecular formula is C8H12NNaO3S. The molecule has 0 aromatic heterocycles. The molecule has 0 aliphatic carbocycles. The second-order valence-electron chi connectivity index (χ2n) is 2.86. The minimum atomic E-state index is -4.06. The molecule has 1 aromatic rings. The molecule has 0 amide bonds. The molecule has 0 spiro atoms. The first-order valence-electron chi connectivity index (χ1n) is 3.66. The average Bonchev–Trinajstić information content (AvgIpc) is 2.03. The van der Waals surface area contributed by atoms with Crippen LogP contribution in [0.3, 0.4) is 0 Å². The first-order valence-corrected chi connectivity index (χ1v) is 5.10. The Morgan fingerprint density at radius 2 is 1.64 bits per heavy atom. The maximum absolute atomic E-state index is 10.7. The Bertz CT molecular complexity index is 391. The Morgan fingerprint density at radius 3 is 1.93 bits per heavy atom. The molecule has 1 N–H and O–H groups in total. The van der Waals surface area contributed by atoms with Crippen molar-refractivity contribution in [3.05, 3.63) is 24.3 Å². The number of rotatable bonds is 2. The third kappa shape index (κ3) is 3.59.